The summed E-state index contributed by atoms with van der Waals surface area (Å²) in [5.41, 5.74) is 1.76. The molecule has 1 atom stereocenters. The summed E-state index contributed by atoms with van der Waals surface area (Å²) >= 11 is 8.97. The zero-order chi connectivity index (χ0) is 23.8. The molecule has 7 nitrogen and oxygen atoms in total. The minimum absolute atomic E-state index is 0.232. The van der Waals surface area contributed by atoms with Crippen LogP contribution in [-0.2, 0) is 14.8 Å². The van der Waals surface area contributed by atoms with E-state index in [4.69, 9.17) is 16.6 Å². The second kappa shape index (κ2) is 9.97. The highest BCUT2D eigenvalue weighted by atomic mass is 35.5. The number of thiazole rings is 1. The van der Waals surface area contributed by atoms with Crippen molar-refractivity contribution in [3.8, 4) is 0 Å². The van der Waals surface area contributed by atoms with Crippen LogP contribution in [0.5, 0.6) is 0 Å². The normalized spacial score (nSPS) is 17.7. The van der Waals surface area contributed by atoms with Crippen molar-refractivity contribution in [2.75, 3.05) is 38.6 Å². The predicted octanol–water partition coefficient (Wildman–Crippen LogP) is 4.46. The first-order valence-corrected chi connectivity index (χ1v) is 14.3. The van der Waals surface area contributed by atoms with E-state index in [-0.39, 0.29) is 10.1 Å². The molecular formula is C22H27ClN4O3S3. The quantitative estimate of drug-likeness (QED) is 0.454. The van der Waals surface area contributed by atoms with Crippen molar-refractivity contribution in [2.24, 2.45) is 0 Å². The minimum atomic E-state index is -3.74. The molecule has 0 aliphatic carbocycles. The number of benzene rings is 1. The van der Waals surface area contributed by atoms with Crippen LogP contribution in [0.15, 0.2) is 33.9 Å². The van der Waals surface area contributed by atoms with Crippen LogP contribution < -0.4 is 4.90 Å². The lowest BCUT2D eigenvalue weighted by Gasteiger charge is -2.36. The first-order valence-electron chi connectivity index (χ1n) is 10.8. The standard InChI is InChI=1S/C22H27ClN4O3S3/c1-15-9-10-16(23)20-19(15)24-22(32-20)26(13-12-25(2)3)21(28)17-7-4-5-11-27(17)33(29,30)18-8-6-14-31-18/h6,8-10,14,17H,4-5,7,11-13H2,1-3H3. The first kappa shape index (κ1) is 24.6. The van der Waals surface area contributed by atoms with Gasteiger partial charge >= 0.3 is 0 Å². The lowest BCUT2D eigenvalue weighted by atomic mass is 10.0. The third kappa shape index (κ3) is 4.96. The molecule has 1 aliphatic rings. The average Bonchev–Trinajstić information content (AvgIpc) is 3.48. The third-order valence-corrected chi connectivity index (χ3v) is 10.6. The highest BCUT2D eigenvalue weighted by Crippen LogP contribution is 2.37. The second-order valence-electron chi connectivity index (χ2n) is 8.39. The van der Waals surface area contributed by atoms with E-state index in [2.05, 4.69) is 0 Å². The maximum atomic E-state index is 13.9. The molecule has 1 amide bonds. The Balaban J connectivity index is 1.73. The smallest absolute Gasteiger partial charge is 0.253 e. The molecule has 33 heavy (non-hydrogen) atoms. The highest BCUT2D eigenvalue weighted by molar-refractivity contribution is 7.91. The molecule has 0 spiro atoms. The van der Waals surface area contributed by atoms with Gasteiger partial charge in [-0.15, -0.1) is 11.3 Å². The second-order valence-corrected chi connectivity index (χ2v) is 12.8. The van der Waals surface area contributed by atoms with Crippen LogP contribution in [0.25, 0.3) is 10.2 Å². The number of rotatable bonds is 7. The largest absolute Gasteiger partial charge is 0.308 e. The van der Waals surface area contributed by atoms with Crippen LogP contribution in [0.4, 0.5) is 5.13 Å². The molecule has 3 aromatic rings. The summed E-state index contributed by atoms with van der Waals surface area (Å²) in [5, 5.41) is 2.88. The van der Waals surface area contributed by atoms with Gasteiger partial charge in [0.05, 0.1) is 15.2 Å². The van der Waals surface area contributed by atoms with Gasteiger partial charge in [0, 0.05) is 19.6 Å². The van der Waals surface area contributed by atoms with E-state index in [0.29, 0.717) is 36.2 Å². The zero-order valence-electron chi connectivity index (χ0n) is 18.8. The molecule has 0 radical (unpaired) electrons. The molecule has 1 aromatic carbocycles. The Labute approximate surface area is 207 Å². The molecule has 0 N–H and O–H groups in total. The average molecular weight is 527 g/mol. The molecule has 1 aliphatic heterocycles. The monoisotopic (exact) mass is 526 g/mol. The molecule has 1 unspecified atom stereocenters. The number of thiophene rings is 1. The number of aromatic nitrogens is 1. The van der Waals surface area contributed by atoms with E-state index in [0.717, 1.165) is 28.6 Å². The van der Waals surface area contributed by atoms with Crippen molar-refractivity contribution in [2.45, 2.75) is 36.4 Å². The number of nitrogens with zero attached hydrogens (tertiary/aromatic N) is 4. The highest BCUT2D eigenvalue weighted by Gasteiger charge is 2.40. The van der Waals surface area contributed by atoms with E-state index in [1.165, 1.54) is 27.0 Å². The summed E-state index contributed by atoms with van der Waals surface area (Å²) in [6.07, 6.45) is 2.04. The molecule has 0 saturated carbocycles. The van der Waals surface area contributed by atoms with Crippen LogP contribution in [0, 0.1) is 6.92 Å². The maximum Gasteiger partial charge on any atom is 0.253 e. The summed E-state index contributed by atoms with van der Waals surface area (Å²) in [7, 11) is 0.139. The van der Waals surface area contributed by atoms with E-state index in [9.17, 15) is 13.2 Å². The number of likely N-dealkylation sites (N-methyl/N-ethyl adjacent to an activating group) is 1. The fourth-order valence-corrected chi connectivity index (χ4v) is 8.07. The molecular weight excluding hydrogens is 500 g/mol. The SMILES string of the molecule is Cc1ccc(Cl)c2sc(N(CCN(C)C)C(=O)C3CCCCN3S(=O)(=O)c3cccs3)nc12. The maximum absolute atomic E-state index is 13.9. The lowest BCUT2D eigenvalue weighted by molar-refractivity contribution is -0.123. The Morgan fingerprint density at radius 3 is 2.70 bits per heavy atom. The number of hydrogen-bond donors (Lipinski definition) is 0. The Bertz CT molecular complexity index is 1200. The molecule has 1 saturated heterocycles. The number of anilines is 1. The van der Waals surface area contributed by atoms with Crippen molar-refractivity contribution >= 4 is 65.6 Å². The number of carbonyl (C=O) groups excluding carboxylic acids is 1. The van der Waals surface area contributed by atoms with Crippen LogP contribution in [0.2, 0.25) is 5.02 Å². The van der Waals surface area contributed by atoms with Crippen LogP contribution >= 0.6 is 34.3 Å². The van der Waals surface area contributed by atoms with Gasteiger partial charge in [0.1, 0.15) is 10.3 Å². The molecule has 11 heteroatoms. The summed E-state index contributed by atoms with van der Waals surface area (Å²) < 4.78 is 29.2. The zero-order valence-corrected chi connectivity index (χ0v) is 22.0. The Morgan fingerprint density at radius 2 is 2.03 bits per heavy atom. The summed E-state index contributed by atoms with van der Waals surface area (Å²) in [6.45, 7) is 3.33. The third-order valence-electron chi connectivity index (χ3n) is 5.75. The van der Waals surface area contributed by atoms with Gasteiger partial charge in [-0.25, -0.2) is 13.4 Å². The van der Waals surface area contributed by atoms with Gasteiger partial charge < -0.3 is 4.90 Å². The molecule has 4 rings (SSSR count). The summed E-state index contributed by atoms with van der Waals surface area (Å²) in [4.78, 5) is 22.3. The van der Waals surface area contributed by atoms with Crippen molar-refractivity contribution in [1.82, 2.24) is 14.2 Å². The molecule has 178 valence electrons. The van der Waals surface area contributed by atoms with Crippen molar-refractivity contribution in [3.05, 3.63) is 40.2 Å². The first-order chi connectivity index (χ1) is 15.7. The number of sulfonamides is 1. The number of halogens is 1. The number of hydrogen-bond acceptors (Lipinski definition) is 7. The van der Waals surface area contributed by atoms with E-state index < -0.39 is 16.1 Å². The fourth-order valence-electron chi connectivity index (χ4n) is 3.95. The van der Waals surface area contributed by atoms with E-state index in [1.807, 2.05) is 38.1 Å². The Morgan fingerprint density at radius 1 is 1.24 bits per heavy atom. The predicted molar refractivity (Wildman–Crippen MR) is 136 cm³/mol. The van der Waals surface area contributed by atoms with E-state index >= 15 is 0 Å². The molecule has 0 bridgehead atoms. The Kier molecular flexibility index (Phi) is 7.42. The van der Waals surface area contributed by atoms with Crippen LogP contribution in [0.1, 0.15) is 24.8 Å². The minimum Gasteiger partial charge on any atom is -0.308 e. The van der Waals surface area contributed by atoms with Gasteiger partial charge in [-0.1, -0.05) is 41.5 Å². The topological polar surface area (TPSA) is 73.8 Å². The van der Waals surface area contributed by atoms with Crippen LogP contribution in [0.3, 0.4) is 0 Å². The van der Waals surface area contributed by atoms with Gasteiger partial charge in [-0.2, -0.15) is 4.31 Å². The number of carbonyl (C=O) groups is 1. The van der Waals surface area contributed by atoms with Gasteiger partial charge in [-0.05, 0) is 56.9 Å². The van der Waals surface area contributed by atoms with Gasteiger partial charge in [0.15, 0.2) is 5.13 Å². The van der Waals surface area contributed by atoms with Crippen LogP contribution in [-0.4, -0.2) is 68.3 Å². The van der Waals surface area contributed by atoms with Crippen molar-refractivity contribution in [1.29, 1.82) is 0 Å². The fraction of sp³-hybridized carbons (Fsp3) is 0.455. The number of piperidine rings is 1. The lowest BCUT2D eigenvalue weighted by Crippen LogP contribution is -2.53. The summed E-state index contributed by atoms with van der Waals surface area (Å²) in [5.74, 6) is -0.232. The van der Waals surface area contributed by atoms with Gasteiger partial charge in [0.2, 0.25) is 5.91 Å². The summed E-state index contributed by atoms with van der Waals surface area (Å²) in [6, 6.07) is 6.31. The molecule has 3 heterocycles. The van der Waals surface area contributed by atoms with Crippen molar-refractivity contribution in [3.63, 3.8) is 0 Å². The van der Waals surface area contributed by atoms with Gasteiger partial charge in [-0.3, -0.25) is 9.69 Å². The Hall–Kier alpha value is -1.56. The number of fused-ring (bicyclic) bond motifs is 1. The molecule has 2 aromatic heterocycles. The van der Waals surface area contributed by atoms with Gasteiger partial charge in [0.25, 0.3) is 10.0 Å². The van der Waals surface area contributed by atoms with Crippen molar-refractivity contribution < 1.29 is 13.2 Å². The number of amides is 1. The molecule has 1 fully saturated rings. The number of aryl methyl sites for hydroxylation is 1. The van der Waals surface area contributed by atoms with E-state index in [1.54, 1.807) is 22.4 Å².